The maximum Gasteiger partial charge on any atom is 0.338 e. The van der Waals surface area contributed by atoms with Crippen LogP contribution >= 0.6 is 12.4 Å². The van der Waals surface area contributed by atoms with Gasteiger partial charge in [-0.05, 0) is 92.7 Å². The lowest BCUT2D eigenvalue weighted by atomic mass is 9.87. The van der Waals surface area contributed by atoms with Gasteiger partial charge in [0.2, 0.25) is 0 Å². The van der Waals surface area contributed by atoms with Gasteiger partial charge < -0.3 is 19.1 Å². The Labute approximate surface area is 192 Å². The Bertz CT molecular complexity index is 825. The van der Waals surface area contributed by atoms with Gasteiger partial charge in [0, 0.05) is 6.04 Å². The van der Waals surface area contributed by atoms with E-state index < -0.39 is 0 Å². The summed E-state index contributed by atoms with van der Waals surface area (Å²) in [6, 6.07) is 14.0. The first kappa shape index (κ1) is 25.0. The van der Waals surface area contributed by atoms with Crippen LogP contribution < -0.4 is 9.47 Å². The molecule has 3 rings (SSSR count). The quantitative estimate of drug-likeness (QED) is 0.381. The van der Waals surface area contributed by atoms with Crippen molar-refractivity contribution in [3.63, 3.8) is 0 Å². The minimum absolute atomic E-state index is 0. The molecule has 31 heavy (non-hydrogen) atoms. The summed E-state index contributed by atoms with van der Waals surface area (Å²) < 4.78 is 15.9. The lowest BCUT2D eigenvalue weighted by Gasteiger charge is -2.34. The van der Waals surface area contributed by atoms with Gasteiger partial charge in [0.15, 0.2) is 0 Å². The molecule has 0 spiro atoms. The number of benzene rings is 2. The molecule has 2 aromatic rings. The maximum atomic E-state index is 12.1. The van der Waals surface area contributed by atoms with Crippen LogP contribution in [-0.2, 0) is 17.6 Å². The molecule has 0 bridgehead atoms. The molecule has 2 aromatic carbocycles. The molecular weight excluding hydrogens is 414 g/mol. The highest BCUT2D eigenvalue weighted by Crippen LogP contribution is 2.28. The summed E-state index contributed by atoms with van der Waals surface area (Å²) in [5.74, 6) is 1.41. The standard InChI is InChI=1S/C25H33NO4.ClH/c1-4-26(22-11-7-21-18-24(29-3)14-10-20(21)17-22)15-5-6-16-30-25(27)19-8-12-23(28-2)13-9-19;/h8-10,12-14,18,22H,4-7,11,15-17H2,1-3H3;1H. The van der Waals surface area contributed by atoms with Crippen molar-refractivity contribution in [1.29, 1.82) is 0 Å². The van der Waals surface area contributed by atoms with Gasteiger partial charge in [0.25, 0.3) is 0 Å². The van der Waals surface area contributed by atoms with Gasteiger partial charge in [0.05, 0.1) is 26.4 Å². The molecule has 0 radical (unpaired) electrons. The number of carbonyl (C=O) groups is 1. The normalized spacial score (nSPS) is 15.0. The molecule has 0 aromatic heterocycles. The van der Waals surface area contributed by atoms with Gasteiger partial charge in [-0.3, -0.25) is 0 Å². The Kier molecular flexibility index (Phi) is 10.2. The number of halogens is 1. The van der Waals surface area contributed by atoms with E-state index in [1.54, 1.807) is 38.5 Å². The molecule has 0 amide bonds. The van der Waals surface area contributed by atoms with Crippen LogP contribution in [0.2, 0.25) is 0 Å². The van der Waals surface area contributed by atoms with Gasteiger partial charge in [-0.25, -0.2) is 4.79 Å². The minimum Gasteiger partial charge on any atom is -0.497 e. The smallest absolute Gasteiger partial charge is 0.338 e. The number of unbranched alkanes of at least 4 members (excludes halogenated alkanes) is 1. The monoisotopic (exact) mass is 447 g/mol. The molecule has 1 atom stereocenters. The van der Waals surface area contributed by atoms with Gasteiger partial charge in [0.1, 0.15) is 11.5 Å². The second kappa shape index (κ2) is 12.6. The summed E-state index contributed by atoms with van der Waals surface area (Å²) in [7, 11) is 3.33. The largest absolute Gasteiger partial charge is 0.497 e. The van der Waals surface area contributed by atoms with E-state index in [9.17, 15) is 4.79 Å². The second-order valence-corrected chi connectivity index (χ2v) is 7.73. The molecule has 1 unspecified atom stereocenters. The summed E-state index contributed by atoms with van der Waals surface area (Å²) in [6.45, 7) is 4.76. The lowest BCUT2D eigenvalue weighted by molar-refractivity contribution is 0.0492. The summed E-state index contributed by atoms with van der Waals surface area (Å²) >= 11 is 0. The van der Waals surface area contributed by atoms with E-state index in [4.69, 9.17) is 14.2 Å². The first-order chi connectivity index (χ1) is 14.6. The Balaban J connectivity index is 0.00000341. The summed E-state index contributed by atoms with van der Waals surface area (Å²) in [6.07, 6.45) is 5.28. The van der Waals surface area contributed by atoms with Crippen LogP contribution in [-0.4, -0.2) is 50.8 Å². The molecule has 1 aliphatic rings. The Morgan fingerprint density at radius 1 is 1.00 bits per heavy atom. The third kappa shape index (κ3) is 6.88. The van der Waals surface area contributed by atoms with Crippen molar-refractivity contribution in [3.05, 3.63) is 59.2 Å². The molecule has 0 N–H and O–H groups in total. The van der Waals surface area contributed by atoms with Crippen LogP contribution in [0.25, 0.3) is 0 Å². The van der Waals surface area contributed by atoms with Crippen molar-refractivity contribution in [2.45, 2.75) is 45.1 Å². The highest BCUT2D eigenvalue weighted by atomic mass is 35.5. The molecule has 0 fully saturated rings. The van der Waals surface area contributed by atoms with E-state index >= 15 is 0 Å². The van der Waals surface area contributed by atoms with E-state index in [0.29, 0.717) is 18.2 Å². The van der Waals surface area contributed by atoms with Gasteiger partial charge >= 0.3 is 5.97 Å². The second-order valence-electron chi connectivity index (χ2n) is 7.73. The number of likely N-dealkylation sites (N-methyl/N-ethyl adjacent to an activating group) is 1. The molecule has 0 saturated heterocycles. The summed E-state index contributed by atoms with van der Waals surface area (Å²) in [5.41, 5.74) is 3.43. The zero-order valence-corrected chi connectivity index (χ0v) is 19.6. The lowest BCUT2D eigenvalue weighted by Crippen LogP contribution is -2.39. The number of esters is 1. The van der Waals surface area contributed by atoms with Crippen LogP contribution in [0.15, 0.2) is 42.5 Å². The fraction of sp³-hybridized carbons (Fsp3) is 0.480. The number of rotatable bonds is 10. The number of hydrogen-bond acceptors (Lipinski definition) is 5. The van der Waals surface area contributed by atoms with Crippen LogP contribution in [0.1, 0.15) is 47.7 Å². The van der Waals surface area contributed by atoms with E-state index in [0.717, 1.165) is 50.3 Å². The fourth-order valence-electron chi connectivity index (χ4n) is 4.14. The van der Waals surface area contributed by atoms with Gasteiger partial charge in [-0.1, -0.05) is 13.0 Å². The zero-order valence-electron chi connectivity index (χ0n) is 18.8. The Hall–Kier alpha value is -2.24. The van der Waals surface area contributed by atoms with Crippen molar-refractivity contribution in [2.75, 3.05) is 33.9 Å². The van der Waals surface area contributed by atoms with E-state index in [1.807, 2.05) is 0 Å². The Morgan fingerprint density at radius 3 is 2.39 bits per heavy atom. The van der Waals surface area contributed by atoms with Crippen molar-refractivity contribution in [2.24, 2.45) is 0 Å². The van der Waals surface area contributed by atoms with Crippen molar-refractivity contribution >= 4 is 18.4 Å². The predicted octanol–water partition coefficient (Wildman–Crippen LogP) is 4.94. The van der Waals surface area contributed by atoms with Crippen LogP contribution in [0, 0.1) is 0 Å². The molecule has 0 aliphatic heterocycles. The van der Waals surface area contributed by atoms with E-state index in [-0.39, 0.29) is 18.4 Å². The number of methoxy groups -OCH3 is 2. The molecule has 0 saturated carbocycles. The molecule has 5 nitrogen and oxygen atoms in total. The minimum atomic E-state index is -0.274. The first-order valence-electron chi connectivity index (χ1n) is 10.9. The fourth-order valence-corrected chi connectivity index (χ4v) is 4.14. The zero-order chi connectivity index (χ0) is 21.3. The highest BCUT2D eigenvalue weighted by Gasteiger charge is 2.23. The number of carbonyl (C=O) groups excluding carboxylic acids is 1. The molecular formula is C25H34ClNO4. The number of ether oxygens (including phenoxy) is 3. The van der Waals surface area contributed by atoms with E-state index in [1.165, 1.54) is 17.5 Å². The Morgan fingerprint density at radius 2 is 1.71 bits per heavy atom. The van der Waals surface area contributed by atoms with Crippen molar-refractivity contribution in [1.82, 2.24) is 4.90 Å². The third-order valence-corrected chi connectivity index (χ3v) is 5.94. The third-order valence-electron chi connectivity index (χ3n) is 5.94. The molecule has 170 valence electrons. The van der Waals surface area contributed by atoms with Crippen molar-refractivity contribution < 1.29 is 19.0 Å². The van der Waals surface area contributed by atoms with Gasteiger partial charge in [-0.2, -0.15) is 0 Å². The topological polar surface area (TPSA) is 48.0 Å². The molecule has 0 heterocycles. The number of nitrogens with zero attached hydrogens (tertiary/aromatic N) is 1. The number of aryl methyl sites for hydroxylation is 1. The predicted molar refractivity (Wildman–Crippen MR) is 126 cm³/mol. The SMILES string of the molecule is CCN(CCCCOC(=O)c1ccc(OC)cc1)C1CCc2cc(OC)ccc2C1.Cl. The molecule has 6 heteroatoms. The van der Waals surface area contributed by atoms with Gasteiger partial charge in [-0.15, -0.1) is 12.4 Å². The summed E-state index contributed by atoms with van der Waals surface area (Å²) in [5, 5.41) is 0. The van der Waals surface area contributed by atoms with Crippen LogP contribution in [0.3, 0.4) is 0 Å². The molecule has 1 aliphatic carbocycles. The van der Waals surface area contributed by atoms with E-state index in [2.05, 4.69) is 30.0 Å². The maximum absolute atomic E-state index is 12.1. The van der Waals surface area contributed by atoms with Crippen molar-refractivity contribution in [3.8, 4) is 11.5 Å². The first-order valence-corrected chi connectivity index (χ1v) is 10.9. The average Bonchev–Trinajstić information content (AvgIpc) is 2.80. The summed E-state index contributed by atoms with van der Waals surface area (Å²) in [4.78, 5) is 14.7. The van der Waals surface area contributed by atoms with Crippen LogP contribution in [0.4, 0.5) is 0 Å². The number of hydrogen-bond donors (Lipinski definition) is 0. The van der Waals surface area contributed by atoms with Crippen LogP contribution in [0.5, 0.6) is 11.5 Å². The average molecular weight is 448 g/mol. The highest BCUT2D eigenvalue weighted by molar-refractivity contribution is 5.89. The number of fused-ring (bicyclic) bond motifs is 1.